The average molecular weight is 274 g/mol. The number of hydrogen-bond acceptors (Lipinski definition) is 2. The molecule has 2 N–H and O–H groups in total. The normalized spacial score (nSPS) is 13.8. The van der Waals surface area contributed by atoms with Crippen molar-refractivity contribution in [3.05, 3.63) is 36.0 Å². The minimum atomic E-state index is -0.252. The van der Waals surface area contributed by atoms with E-state index in [-0.39, 0.29) is 11.6 Å². The number of rotatable bonds is 5. The van der Waals surface area contributed by atoms with Crippen molar-refractivity contribution in [2.24, 2.45) is 0 Å². The fourth-order valence-corrected chi connectivity index (χ4v) is 2.32. The van der Waals surface area contributed by atoms with Crippen molar-refractivity contribution in [3.8, 4) is 0 Å². The summed E-state index contributed by atoms with van der Waals surface area (Å²) in [5, 5.41) is 14.3. The second kappa shape index (κ2) is 5.98. The molecule has 2 rings (SSSR count). The summed E-state index contributed by atoms with van der Waals surface area (Å²) in [5.74, 6) is 0. The van der Waals surface area contributed by atoms with E-state index in [1.54, 1.807) is 0 Å². The van der Waals surface area contributed by atoms with Crippen molar-refractivity contribution in [2.45, 2.75) is 58.8 Å². The number of aliphatic hydroxyl groups excluding tert-OH is 1. The Bertz CT molecular complexity index is 564. The minimum absolute atomic E-state index is 0.122. The molecule has 20 heavy (non-hydrogen) atoms. The van der Waals surface area contributed by atoms with Gasteiger partial charge in [0.1, 0.15) is 0 Å². The van der Waals surface area contributed by atoms with Crippen LogP contribution in [0.1, 0.15) is 39.7 Å². The molecule has 1 atom stereocenters. The number of nitrogens with one attached hydrogen (secondary N) is 1. The van der Waals surface area contributed by atoms with E-state index in [0.717, 1.165) is 19.5 Å². The number of fused-ring (bicyclic) bond motifs is 1. The monoisotopic (exact) mass is 274 g/mol. The summed E-state index contributed by atoms with van der Waals surface area (Å²) in [5.41, 5.74) is 2.70. The maximum absolute atomic E-state index is 9.43. The summed E-state index contributed by atoms with van der Waals surface area (Å²) in [6.07, 6.45) is 2.65. The number of nitrogens with zero attached hydrogens (tertiary/aromatic N) is 1. The van der Waals surface area contributed by atoms with Gasteiger partial charge in [-0.25, -0.2) is 0 Å². The van der Waals surface area contributed by atoms with Crippen LogP contribution >= 0.6 is 0 Å². The summed E-state index contributed by atoms with van der Waals surface area (Å²) in [6.45, 7) is 10.1. The maximum atomic E-state index is 9.43. The van der Waals surface area contributed by atoms with Gasteiger partial charge in [-0.2, -0.15) is 0 Å². The number of aromatic nitrogens is 1. The van der Waals surface area contributed by atoms with E-state index >= 15 is 0 Å². The van der Waals surface area contributed by atoms with Crippen molar-refractivity contribution in [3.63, 3.8) is 0 Å². The topological polar surface area (TPSA) is 37.2 Å². The lowest BCUT2D eigenvalue weighted by atomic mass is 10.1. The van der Waals surface area contributed by atoms with Crippen LogP contribution in [-0.2, 0) is 13.1 Å². The zero-order chi connectivity index (χ0) is 14.8. The third kappa shape index (κ3) is 3.84. The van der Waals surface area contributed by atoms with Gasteiger partial charge in [0.2, 0.25) is 0 Å². The van der Waals surface area contributed by atoms with E-state index in [2.05, 4.69) is 61.1 Å². The number of benzene rings is 1. The standard InChI is InChI=1S/C17H26N2O/c1-13(20)8-10-19-11-9-15-14(6-5-7-16(15)19)12-18-17(2,3)4/h5-7,9,11,13,18,20H,8,10,12H2,1-4H3. The van der Waals surface area contributed by atoms with Gasteiger partial charge in [0.15, 0.2) is 0 Å². The molecule has 0 saturated carbocycles. The van der Waals surface area contributed by atoms with Crippen LogP contribution in [0.2, 0.25) is 0 Å². The molecule has 1 unspecified atom stereocenters. The van der Waals surface area contributed by atoms with Crippen LogP contribution in [0.3, 0.4) is 0 Å². The lowest BCUT2D eigenvalue weighted by Crippen LogP contribution is -2.35. The van der Waals surface area contributed by atoms with Crippen molar-refractivity contribution in [1.29, 1.82) is 0 Å². The predicted molar refractivity (Wildman–Crippen MR) is 84.8 cm³/mol. The SMILES string of the molecule is CC(O)CCn1ccc2c(CNC(C)(C)C)cccc21. The van der Waals surface area contributed by atoms with Gasteiger partial charge in [-0.15, -0.1) is 0 Å². The van der Waals surface area contributed by atoms with Crippen molar-refractivity contribution in [1.82, 2.24) is 9.88 Å². The molecule has 0 spiro atoms. The van der Waals surface area contributed by atoms with Gasteiger partial charge >= 0.3 is 0 Å². The lowest BCUT2D eigenvalue weighted by Gasteiger charge is -2.21. The average Bonchev–Trinajstić information content (AvgIpc) is 2.76. The Morgan fingerprint density at radius 1 is 1.25 bits per heavy atom. The summed E-state index contributed by atoms with van der Waals surface area (Å²) in [4.78, 5) is 0. The largest absolute Gasteiger partial charge is 0.393 e. The zero-order valence-electron chi connectivity index (χ0n) is 13.0. The Balaban J connectivity index is 2.21. The first-order valence-electron chi connectivity index (χ1n) is 7.36. The second-order valence-corrected chi connectivity index (χ2v) is 6.60. The highest BCUT2D eigenvalue weighted by atomic mass is 16.3. The molecule has 2 aromatic rings. The van der Waals surface area contributed by atoms with Crippen LogP contribution in [0.25, 0.3) is 10.9 Å². The zero-order valence-corrected chi connectivity index (χ0v) is 13.0. The van der Waals surface area contributed by atoms with Crippen LogP contribution in [0.5, 0.6) is 0 Å². The maximum Gasteiger partial charge on any atom is 0.0529 e. The first-order valence-corrected chi connectivity index (χ1v) is 7.36. The molecule has 0 bridgehead atoms. The Morgan fingerprint density at radius 2 is 2.00 bits per heavy atom. The highest BCUT2D eigenvalue weighted by molar-refractivity contribution is 5.83. The van der Waals surface area contributed by atoms with Crippen LogP contribution in [0.4, 0.5) is 0 Å². The van der Waals surface area contributed by atoms with Crippen molar-refractivity contribution in [2.75, 3.05) is 0 Å². The first-order chi connectivity index (χ1) is 9.37. The first kappa shape index (κ1) is 15.1. The third-order valence-corrected chi connectivity index (χ3v) is 3.50. The Kier molecular flexibility index (Phi) is 4.51. The minimum Gasteiger partial charge on any atom is -0.393 e. The number of aryl methyl sites for hydroxylation is 1. The van der Waals surface area contributed by atoms with E-state index in [1.807, 2.05) is 6.92 Å². The van der Waals surface area contributed by atoms with E-state index in [1.165, 1.54) is 16.5 Å². The number of hydrogen-bond donors (Lipinski definition) is 2. The second-order valence-electron chi connectivity index (χ2n) is 6.60. The van der Waals surface area contributed by atoms with E-state index in [9.17, 15) is 5.11 Å². The molecule has 3 nitrogen and oxygen atoms in total. The fraction of sp³-hybridized carbons (Fsp3) is 0.529. The van der Waals surface area contributed by atoms with E-state index in [4.69, 9.17) is 0 Å². The highest BCUT2D eigenvalue weighted by Gasteiger charge is 2.11. The third-order valence-electron chi connectivity index (χ3n) is 3.50. The molecule has 110 valence electrons. The molecule has 0 aliphatic carbocycles. The fourth-order valence-electron chi connectivity index (χ4n) is 2.32. The lowest BCUT2D eigenvalue weighted by molar-refractivity contribution is 0.178. The van der Waals surface area contributed by atoms with Crippen LogP contribution in [0, 0.1) is 0 Å². The Labute approximate surface area is 121 Å². The molecule has 0 fully saturated rings. The highest BCUT2D eigenvalue weighted by Crippen LogP contribution is 2.21. The van der Waals surface area contributed by atoms with Gasteiger partial charge in [-0.3, -0.25) is 0 Å². The van der Waals surface area contributed by atoms with Gasteiger partial charge in [0.05, 0.1) is 6.10 Å². The predicted octanol–water partition coefficient (Wildman–Crippen LogP) is 3.30. The quantitative estimate of drug-likeness (QED) is 0.878. The summed E-state index contributed by atoms with van der Waals surface area (Å²) < 4.78 is 2.22. The smallest absolute Gasteiger partial charge is 0.0529 e. The summed E-state index contributed by atoms with van der Waals surface area (Å²) in [7, 11) is 0. The van der Waals surface area contributed by atoms with Gasteiger partial charge in [0, 0.05) is 35.7 Å². The van der Waals surface area contributed by atoms with Gasteiger partial charge < -0.3 is 15.0 Å². The van der Waals surface area contributed by atoms with E-state index in [0.29, 0.717) is 0 Å². The van der Waals surface area contributed by atoms with Crippen molar-refractivity contribution >= 4 is 10.9 Å². The Morgan fingerprint density at radius 3 is 2.65 bits per heavy atom. The molecule has 0 amide bonds. The molecule has 0 saturated heterocycles. The Hall–Kier alpha value is -1.32. The number of aliphatic hydroxyl groups is 1. The molecule has 1 aromatic carbocycles. The molecule has 1 heterocycles. The van der Waals surface area contributed by atoms with Crippen LogP contribution in [-0.4, -0.2) is 21.3 Å². The summed E-state index contributed by atoms with van der Waals surface area (Å²) in [6, 6.07) is 8.62. The van der Waals surface area contributed by atoms with Crippen LogP contribution < -0.4 is 5.32 Å². The van der Waals surface area contributed by atoms with Crippen LogP contribution in [0.15, 0.2) is 30.5 Å². The molecular formula is C17H26N2O. The molecule has 0 aliphatic heterocycles. The van der Waals surface area contributed by atoms with E-state index < -0.39 is 0 Å². The van der Waals surface area contributed by atoms with Crippen molar-refractivity contribution < 1.29 is 5.11 Å². The van der Waals surface area contributed by atoms with Gasteiger partial charge in [-0.05, 0) is 51.8 Å². The summed E-state index contributed by atoms with van der Waals surface area (Å²) >= 11 is 0. The molecule has 3 heteroatoms. The molecular weight excluding hydrogens is 248 g/mol. The molecule has 0 radical (unpaired) electrons. The van der Waals surface area contributed by atoms with Gasteiger partial charge in [-0.1, -0.05) is 12.1 Å². The van der Waals surface area contributed by atoms with Gasteiger partial charge in [0.25, 0.3) is 0 Å². The molecule has 0 aliphatic rings. The molecule has 1 aromatic heterocycles.